The van der Waals surface area contributed by atoms with Crippen molar-refractivity contribution < 1.29 is 19.4 Å². The normalized spacial score (nSPS) is 11.6. The van der Waals surface area contributed by atoms with Crippen molar-refractivity contribution in [2.45, 2.75) is 26.3 Å². The van der Waals surface area contributed by atoms with Gasteiger partial charge in [0.1, 0.15) is 5.75 Å². The molecule has 0 fully saturated rings. The fraction of sp³-hybridized carbons (Fsp3) is 0.263. The number of carbonyl (C=O) groups is 2. The van der Waals surface area contributed by atoms with Gasteiger partial charge in [0.2, 0.25) is 5.91 Å². The topological polar surface area (TPSA) is 75.6 Å². The minimum Gasteiger partial charge on any atom is -0.493 e. The van der Waals surface area contributed by atoms with Crippen LogP contribution in [-0.4, -0.2) is 23.6 Å². The molecule has 0 aromatic heterocycles. The number of nitrogens with one attached hydrogen (secondary N) is 1. The fourth-order valence-electron chi connectivity index (χ4n) is 2.30. The zero-order valence-corrected chi connectivity index (χ0v) is 13.8. The number of rotatable bonds is 7. The first kappa shape index (κ1) is 17.5. The maximum Gasteiger partial charge on any atom is 0.330 e. The molecular weight excluding hydrogens is 306 g/mol. The molecule has 0 saturated heterocycles. The fourth-order valence-corrected chi connectivity index (χ4v) is 2.30. The van der Waals surface area contributed by atoms with Gasteiger partial charge in [-0.15, -0.1) is 0 Å². The molecule has 0 spiro atoms. The summed E-state index contributed by atoms with van der Waals surface area (Å²) in [7, 11) is 0. The molecule has 126 valence electrons. The predicted octanol–water partition coefficient (Wildman–Crippen LogP) is 3.01. The lowest BCUT2D eigenvalue weighted by molar-refractivity contribution is -0.142. The summed E-state index contributed by atoms with van der Waals surface area (Å²) >= 11 is 0. The van der Waals surface area contributed by atoms with Crippen LogP contribution in [0.3, 0.4) is 0 Å². The van der Waals surface area contributed by atoms with Crippen LogP contribution in [0.4, 0.5) is 0 Å². The standard InChI is InChI=1S/C19H21NO4/c1-13-7-6-10-16(14(13)2)24-12-11-17(21)20-18(19(22)23)15-8-4-3-5-9-15/h3-10,18H,11-12H2,1-2H3,(H,20,21)(H,22,23)/t18-/m1/s1. The monoisotopic (exact) mass is 327 g/mol. The number of benzene rings is 2. The largest absolute Gasteiger partial charge is 0.493 e. The predicted molar refractivity (Wildman–Crippen MR) is 91.0 cm³/mol. The molecule has 2 rings (SSSR count). The highest BCUT2D eigenvalue weighted by Gasteiger charge is 2.21. The second kappa shape index (κ2) is 8.15. The van der Waals surface area contributed by atoms with Gasteiger partial charge in [-0.3, -0.25) is 4.79 Å². The third kappa shape index (κ3) is 4.59. The summed E-state index contributed by atoms with van der Waals surface area (Å²) in [5.41, 5.74) is 2.69. The Morgan fingerprint density at radius 3 is 2.46 bits per heavy atom. The van der Waals surface area contributed by atoms with Gasteiger partial charge in [0.25, 0.3) is 0 Å². The van der Waals surface area contributed by atoms with E-state index < -0.39 is 12.0 Å². The Kier molecular flexibility index (Phi) is 5.95. The van der Waals surface area contributed by atoms with Gasteiger partial charge in [-0.05, 0) is 36.6 Å². The Morgan fingerprint density at radius 2 is 1.79 bits per heavy atom. The molecule has 0 aliphatic carbocycles. The molecule has 24 heavy (non-hydrogen) atoms. The molecule has 5 nitrogen and oxygen atoms in total. The van der Waals surface area contributed by atoms with E-state index in [-0.39, 0.29) is 18.9 Å². The van der Waals surface area contributed by atoms with Crippen LogP contribution in [-0.2, 0) is 9.59 Å². The molecule has 0 radical (unpaired) electrons. The van der Waals surface area contributed by atoms with Gasteiger partial charge in [0.05, 0.1) is 13.0 Å². The Balaban J connectivity index is 1.90. The van der Waals surface area contributed by atoms with E-state index in [4.69, 9.17) is 4.74 Å². The van der Waals surface area contributed by atoms with Crippen LogP contribution < -0.4 is 10.1 Å². The first-order valence-electron chi connectivity index (χ1n) is 7.75. The number of carboxylic acid groups (broad SMARTS) is 1. The molecule has 1 atom stereocenters. The van der Waals surface area contributed by atoms with E-state index in [1.807, 2.05) is 32.0 Å². The number of carboxylic acids is 1. The summed E-state index contributed by atoms with van der Waals surface area (Å²) in [6.45, 7) is 4.14. The number of aryl methyl sites for hydroxylation is 1. The first-order valence-corrected chi connectivity index (χ1v) is 7.75. The smallest absolute Gasteiger partial charge is 0.330 e. The van der Waals surface area contributed by atoms with Gasteiger partial charge in [-0.1, -0.05) is 42.5 Å². The van der Waals surface area contributed by atoms with E-state index in [0.717, 1.165) is 16.9 Å². The van der Waals surface area contributed by atoms with Gasteiger partial charge in [0, 0.05) is 0 Å². The van der Waals surface area contributed by atoms with Crippen LogP contribution >= 0.6 is 0 Å². The van der Waals surface area contributed by atoms with Crippen molar-refractivity contribution in [1.29, 1.82) is 0 Å². The summed E-state index contributed by atoms with van der Waals surface area (Å²) in [5.74, 6) is -0.720. The van der Waals surface area contributed by atoms with E-state index >= 15 is 0 Å². The molecule has 0 heterocycles. The van der Waals surface area contributed by atoms with Crippen molar-refractivity contribution in [3.63, 3.8) is 0 Å². The molecular formula is C19H21NO4. The quantitative estimate of drug-likeness (QED) is 0.819. The molecule has 2 N–H and O–H groups in total. The Morgan fingerprint density at radius 1 is 1.08 bits per heavy atom. The van der Waals surface area contributed by atoms with Gasteiger partial charge in [-0.25, -0.2) is 4.79 Å². The molecule has 2 aromatic rings. The highest BCUT2D eigenvalue weighted by Crippen LogP contribution is 2.20. The van der Waals surface area contributed by atoms with Gasteiger partial charge in [-0.2, -0.15) is 0 Å². The number of amides is 1. The van der Waals surface area contributed by atoms with Crippen LogP contribution in [0.1, 0.15) is 29.2 Å². The van der Waals surface area contributed by atoms with Crippen molar-refractivity contribution in [2.24, 2.45) is 0 Å². The van der Waals surface area contributed by atoms with Crippen LogP contribution in [0, 0.1) is 13.8 Å². The Bertz CT molecular complexity index is 713. The first-order chi connectivity index (χ1) is 11.5. The maximum atomic E-state index is 12.0. The lowest BCUT2D eigenvalue weighted by Crippen LogP contribution is -2.34. The minimum atomic E-state index is -1.09. The number of ether oxygens (including phenoxy) is 1. The molecule has 5 heteroatoms. The Hall–Kier alpha value is -2.82. The zero-order chi connectivity index (χ0) is 17.5. The van der Waals surface area contributed by atoms with Gasteiger partial charge < -0.3 is 15.2 Å². The second-order valence-corrected chi connectivity index (χ2v) is 5.55. The van der Waals surface area contributed by atoms with E-state index in [2.05, 4.69) is 5.32 Å². The maximum absolute atomic E-state index is 12.0. The van der Waals surface area contributed by atoms with Crippen molar-refractivity contribution in [2.75, 3.05) is 6.61 Å². The molecule has 0 aliphatic heterocycles. The van der Waals surface area contributed by atoms with E-state index in [1.54, 1.807) is 30.3 Å². The van der Waals surface area contributed by atoms with Crippen LogP contribution in [0.15, 0.2) is 48.5 Å². The minimum absolute atomic E-state index is 0.0873. The molecule has 1 amide bonds. The summed E-state index contributed by atoms with van der Waals surface area (Å²) in [6, 6.07) is 13.3. The molecule has 0 bridgehead atoms. The van der Waals surface area contributed by atoms with Crippen LogP contribution in [0.2, 0.25) is 0 Å². The SMILES string of the molecule is Cc1cccc(OCCC(=O)N[C@@H](C(=O)O)c2ccccc2)c1C. The summed E-state index contributed by atoms with van der Waals surface area (Å²) < 4.78 is 5.63. The number of aliphatic carboxylic acids is 1. The van der Waals surface area contributed by atoms with Gasteiger partial charge in [0.15, 0.2) is 6.04 Å². The van der Waals surface area contributed by atoms with E-state index in [1.165, 1.54) is 0 Å². The summed E-state index contributed by atoms with van der Waals surface area (Å²) in [5, 5.41) is 11.8. The average Bonchev–Trinajstić information content (AvgIpc) is 2.57. The third-order valence-electron chi connectivity index (χ3n) is 3.83. The van der Waals surface area contributed by atoms with Crippen LogP contribution in [0.25, 0.3) is 0 Å². The van der Waals surface area contributed by atoms with Crippen molar-refractivity contribution in [1.82, 2.24) is 5.32 Å². The van der Waals surface area contributed by atoms with E-state index in [9.17, 15) is 14.7 Å². The lowest BCUT2D eigenvalue weighted by Gasteiger charge is -2.15. The highest BCUT2D eigenvalue weighted by molar-refractivity contribution is 5.84. The Labute approximate surface area is 141 Å². The highest BCUT2D eigenvalue weighted by atomic mass is 16.5. The third-order valence-corrected chi connectivity index (χ3v) is 3.83. The second-order valence-electron chi connectivity index (χ2n) is 5.55. The number of hydrogen-bond donors (Lipinski definition) is 2. The molecule has 0 aliphatic rings. The summed E-state index contributed by atoms with van der Waals surface area (Å²) in [4.78, 5) is 23.4. The van der Waals surface area contributed by atoms with Crippen molar-refractivity contribution in [3.8, 4) is 5.75 Å². The summed E-state index contributed by atoms with van der Waals surface area (Å²) in [6.07, 6.45) is 0.0873. The van der Waals surface area contributed by atoms with E-state index in [0.29, 0.717) is 5.56 Å². The van der Waals surface area contributed by atoms with Crippen molar-refractivity contribution >= 4 is 11.9 Å². The molecule has 0 unspecified atom stereocenters. The molecule has 0 saturated carbocycles. The lowest BCUT2D eigenvalue weighted by atomic mass is 10.1. The average molecular weight is 327 g/mol. The number of carbonyl (C=O) groups excluding carboxylic acids is 1. The zero-order valence-electron chi connectivity index (χ0n) is 13.8. The van der Waals surface area contributed by atoms with Gasteiger partial charge >= 0.3 is 5.97 Å². The molecule has 2 aromatic carbocycles. The van der Waals surface area contributed by atoms with Crippen LogP contribution in [0.5, 0.6) is 5.75 Å². The number of hydrogen-bond acceptors (Lipinski definition) is 3. The van der Waals surface area contributed by atoms with Crippen molar-refractivity contribution in [3.05, 3.63) is 65.2 Å².